The van der Waals surface area contributed by atoms with Crippen LogP contribution in [-0.4, -0.2) is 26.4 Å². The van der Waals surface area contributed by atoms with Crippen molar-refractivity contribution in [1.82, 2.24) is 0 Å². The number of hydrogen-bond acceptors (Lipinski definition) is 4. The first-order chi connectivity index (χ1) is 10.4. The molecular weight excluding hydrogens is 300 g/mol. The van der Waals surface area contributed by atoms with Crippen molar-refractivity contribution in [1.29, 1.82) is 0 Å². The highest BCUT2D eigenvalue weighted by Gasteiger charge is 2.19. The second-order valence-electron chi connectivity index (χ2n) is 5.33. The first-order valence-electron chi connectivity index (χ1n) is 6.97. The predicted octanol–water partition coefficient (Wildman–Crippen LogP) is 2.65. The molecule has 1 unspecified atom stereocenters. The van der Waals surface area contributed by atoms with E-state index in [1.165, 1.54) is 7.11 Å². The Hall–Kier alpha value is -1.85. The summed E-state index contributed by atoms with van der Waals surface area (Å²) >= 11 is 0. The van der Waals surface area contributed by atoms with Crippen molar-refractivity contribution >= 4 is 9.84 Å². The number of benzene rings is 2. The van der Waals surface area contributed by atoms with Gasteiger partial charge in [-0.2, -0.15) is 0 Å². The van der Waals surface area contributed by atoms with Gasteiger partial charge in [0.25, 0.3) is 0 Å². The quantitative estimate of drug-likeness (QED) is 0.889. The SMILES string of the molecule is COc1cccc(C(O)CS(=O)(=O)Cc2ccc(C)cc2)c1. The molecule has 0 heterocycles. The van der Waals surface area contributed by atoms with Gasteiger partial charge in [-0.3, -0.25) is 0 Å². The summed E-state index contributed by atoms with van der Waals surface area (Å²) in [6, 6.07) is 14.2. The predicted molar refractivity (Wildman–Crippen MR) is 86.6 cm³/mol. The van der Waals surface area contributed by atoms with E-state index in [9.17, 15) is 13.5 Å². The van der Waals surface area contributed by atoms with Gasteiger partial charge in [-0.05, 0) is 30.2 Å². The van der Waals surface area contributed by atoms with Gasteiger partial charge in [0.05, 0.1) is 24.7 Å². The summed E-state index contributed by atoms with van der Waals surface area (Å²) in [6.45, 7) is 1.95. The lowest BCUT2D eigenvalue weighted by Gasteiger charge is -2.13. The molecule has 0 saturated heterocycles. The summed E-state index contributed by atoms with van der Waals surface area (Å²) in [6.07, 6.45) is -1.06. The number of aliphatic hydroxyl groups excluding tert-OH is 1. The molecule has 22 heavy (non-hydrogen) atoms. The van der Waals surface area contributed by atoms with Gasteiger partial charge in [-0.15, -0.1) is 0 Å². The van der Waals surface area contributed by atoms with E-state index in [2.05, 4.69) is 0 Å². The fourth-order valence-electron chi connectivity index (χ4n) is 2.18. The fourth-order valence-corrected chi connectivity index (χ4v) is 3.67. The number of aliphatic hydroxyl groups is 1. The van der Waals surface area contributed by atoms with Gasteiger partial charge >= 0.3 is 0 Å². The van der Waals surface area contributed by atoms with Crippen LogP contribution in [0.2, 0.25) is 0 Å². The topological polar surface area (TPSA) is 63.6 Å². The third-order valence-electron chi connectivity index (χ3n) is 3.40. The molecule has 118 valence electrons. The van der Waals surface area contributed by atoms with Crippen molar-refractivity contribution in [2.24, 2.45) is 0 Å². The van der Waals surface area contributed by atoms with Crippen molar-refractivity contribution in [3.8, 4) is 5.75 Å². The molecule has 5 heteroatoms. The van der Waals surface area contributed by atoms with Crippen LogP contribution in [0.15, 0.2) is 48.5 Å². The van der Waals surface area contributed by atoms with E-state index in [1.54, 1.807) is 36.4 Å². The average Bonchev–Trinajstić information content (AvgIpc) is 2.49. The normalized spacial score (nSPS) is 12.9. The van der Waals surface area contributed by atoms with Crippen LogP contribution in [0.1, 0.15) is 22.8 Å². The van der Waals surface area contributed by atoms with Gasteiger partial charge in [0.15, 0.2) is 9.84 Å². The maximum absolute atomic E-state index is 12.2. The lowest BCUT2D eigenvalue weighted by Crippen LogP contribution is -2.16. The number of sulfone groups is 1. The maximum atomic E-state index is 12.2. The van der Waals surface area contributed by atoms with Gasteiger partial charge in [-0.25, -0.2) is 8.42 Å². The number of rotatable bonds is 6. The molecule has 0 aromatic heterocycles. The Morgan fingerprint density at radius 3 is 2.45 bits per heavy atom. The van der Waals surface area contributed by atoms with Crippen LogP contribution in [0.4, 0.5) is 0 Å². The highest BCUT2D eigenvalue weighted by atomic mass is 32.2. The molecule has 0 bridgehead atoms. The Balaban J connectivity index is 2.08. The number of ether oxygens (including phenoxy) is 1. The third kappa shape index (κ3) is 4.58. The van der Waals surface area contributed by atoms with E-state index in [0.29, 0.717) is 11.3 Å². The number of aryl methyl sites for hydroxylation is 1. The standard InChI is InChI=1S/C17H20O4S/c1-13-6-8-14(9-7-13)11-22(19,20)12-17(18)15-4-3-5-16(10-15)21-2/h3-10,17-18H,11-12H2,1-2H3. The molecule has 0 spiro atoms. The minimum atomic E-state index is -3.41. The minimum Gasteiger partial charge on any atom is -0.497 e. The molecule has 2 rings (SSSR count). The van der Waals surface area contributed by atoms with E-state index in [4.69, 9.17) is 4.74 Å². The zero-order valence-electron chi connectivity index (χ0n) is 12.7. The maximum Gasteiger partial charge on any atom is 0.157 e. The van der Waals surface area contributed by atoms with Gasteiger partial charge < -0.3 is 9.84 Å². The monoisotopic (exact) mass is 320 g/mol. The van der Waals surface area contributed by atoms with Crippen molar-refractivity contribution in [3.05, 3.63) is 65.2 Å². The highest BCUT2D eigenvalue weighted by Crippen LogP contribution is 2.21. The molecule has 0 aliphatic heterocycles. The van der Waals surface area contributed by atoms with Crippen molar-refractivity contribution in [2.45, 2.75) is 18.8 Å². The van der Waals surface area contributed by atoms with Crippen LogP contribution < -0.4 is 4.74 Å². The minimum absolute atomic E-state index is 0.0751. The number of methoxy groups -OCH3 is 1. The van der Waals surface area contributed by atoms with Crippen LogP contribution in [-0.2, 0) is 15.6 Å². The summed E-state index contributed by atoms with van der Waals surface area (Å²) in [5.41, 5.74) is 2.34. The fraction of sp³-hybridized carbons (Fsp3) is 0.294. The summed E-state index contributed by atoms with van der Waals surface area (Å²) in [7, 11) is -1.88. The van der Waals surface area contributed by atoms with E-state index in [-0.39, 0.29) is 11.5 Å². The summed E-state index contributed by atoms with van der Waals surface area (Å²) in [4.78, 5) is 0. The Morgan fingerprint density at radius 2 is 1.82 bits per heavy atom. The smallest absolute Gasteiger partial charge is 0.157 e. The molecule has 0 fully saturated rings. The molecular formula is C17H20O4S. The van der Waals surface area contributed by atoms with Crippen molar-refractivity contribution in [3.63, 3.8) is 0 Å². The second-order valence-corrected chi connectivity index (χ2v) is 7.44. The molecule has 0 amide bonds. The second kappa shape index (κ2) is 6.94. The van der Waals surface area contributed by atoms with E-state index < -0.39 is 15.9 Å². The van der Waals surface area contributed by atoms with Crippen molar-refractivity contribution in [2.75, 3.05) is 12.9 Å². The molecule has 2 aromatic carbocycles. The zero-order chi connectivity index (χ0) is 16.2. The largest absolute Gasteiger partial charge is 0.497 e. The molecule has 0 radical (unpaired) electrons. The Kier molecular flexibility index (Phi) is 5.21. The highest BCUT2D eigenvalue weighted by molar-refractivity contribution is 7.90. The molecule has 0 aliphatic carbocycles. The van der Waals surface area contributed by atoms with Gasteiger partial charge in [0.1, 0.15) is 5.75 Å². The van der Waals surface area contributed by atoms with Crippen molar-refractivity contribution < 1.29 is 18.3 Å². The Morgan fingerprint density at radius 1 is 1.14 bits per heavy atom. The van der Waals surface area contributed by atoms with Gasteiger partial charge in [0, 0.05) is 0 Å². The molecule has 2 aromatic rings. The summed E-state index contributed by atoms with van der Waals surface area (Å²) in [5.74, 6) is 0.204. The van der Waals surface area contributed by atoms with Gasteiger partial charge in [-0.1, -0.05) is 42.0 Å². The first kappa shape index (κ1) is 16.5. The van der Waals surface area contributed by atoms with Crippen LogP contribution in [0.3, 0.4) is 0 Å². The van der Waals surface area contributed by atoms with Crippen LogP contribution in [0, 0.1) is 6.92 Å². The zero-order valence-corrected chi connectivity index (χ0v) is 13.5. The van der Waals surface area contributed by atoms with E-state index in [0.717, 1.165) is 11.1 Å². The summed E-state index contributed by atoms with van der Waals surface area (Å²) in [5, 5.41) is 10.2. The Bertz CT molecular complexity index is 721. The van der Waals surface area contributed by atoms with Gasteiger partial charge in [0.2, 0.25) is 0 Å². The van der Waals surface area contributed by atoms with E-state index >= 15 is 0 Å². The Labute approximate surface area is 131 Å². The van der Waals surface area contributed by atoms with Crippen LogP contribution in [0.25, 0.3) is 0 Å². The third-order valence-corrected chi connectivity index (χ3v) is 4.99. The average molecular weight is 320 g/mol. The van der Waals surface area contributed by atoms with Crippen LogP contribution in [0.5, 0.6) is 5.75 Å². The number of hydrogen-bond donors (Lipinski definition) is 1. The lowest BCUT2D eigenvalue weighted by molar-refractivity contribution is 0.201. The molecule has 4 nitrogen and oxygen atoms in total. The van der Waals surface area contributed by atoms with E-state index in [1.807, 2.05) is 19.1 Å². The first-order valence-corrected chi connectivity index (χ1v) is 8.80. The molecule has 0 saturated carbocycles. The molecule has 1 atom stereocenters. The van der Waals surface area contributed by atoms with Crippen LogP contribution >= 0.6 is 0 Å². The summed E-state index contributed by atoms with van der Waals surface area (Å²) < 4.78 is 29.5. The lowest BCUT2D eigenvalue weighted by atomic mass is 10.1. The molecule has 0 aliphatic rings. The molecule has 1 N–H and O–H groups in total.